The molecule has 4 aromatic carbocycles. The lowest BCUT2D eigenvalue weighted by Crippen LogP contribution is -2.50. The Labute approximate surface area is 211 Å². The first kappa shape index (κ1) is 25.1. The van der Waals surface area contributed by atoms with Crippen molar-refractivity contribution in [1.82, 2.24) is 10.2 Å². The number of aryl methyl sites for hydroxylation is 1. The van der Waals surface area contributed by atoms with Gasteiger partial charge in [0, 0.05) is 31.5 Å². The van der Waals surface area contributed by atoms with Crippen LogP contribution in [0.3, 0.4) is 0 Å². The molecule has 0 aliphatic rings. The lowest BCUT2D eigenvalue weighted by Gasteiger charge is -2.31. The van der Waals surface area contributed by atoms with Gasteiger partial charge < -0.3 is 10.2 Å². The van der Waals surface area contributed by atoms with Crippen LogP contribution in [0.15, 0.2) is 97.1 Å². The molecule has 4 nitrogen and oxygen atoms in total. The zero-order valence-corrected chi connectivity index (χ0v) is 20.5. The largest absolute Gasteiger partial charge is 0.355 e. The quantitative estimate of drug-likeness (QED) is 0.316. The predicted octanol–water partition coefficient (Wildman–Crippen LogP) is 5.69. The van der Waals surface area contributed by atoms with Gasteiger partial charge in [0.15, 0.2) is 0 Å². The van der Waals surface area contributed by atoms with Gasteiger partial charge in [-0.05, 0) is 41.3 Å². The van der Waals surface area contributed by atoms with Crippen LogP contribution in [-0.4, -0.2) is 29.3 Å². The van der Waals surface area contributed by atoms with E-state index in [0.29, 0.717) is 24.9 Å². The van der Waals surface area contributed by atoms with Crippen LogP contribution >= 0.6 is 0 Å². The Morgan fingerprint density at radius 1 is 0.833 bits per heavy atom. The van der Waals surface area contributed by atoms with Crippen LogP contribution in [0.2, 0.25) is 0 Å². The highest BCUT2D eigenvalue weighted by Gasteiger charge is 2.30. The summed E-state index contributed by atoms with van der Waals surface area (Å²) in [6.45, 7) is 2.32. The number of nitrogens with zero attached hydrogens (tertiary/aromatic N) is 1. The van der Waals surface area contributed by atoms with Gasteiger partial charge in [0.2, 0.25) is 11.8 Å². The normalized spacial score (nSPS) is 11.7. The Balaban J connectivity index is 1.64. The standard InChI is InChI=1S/C31H31FN2O2/c1-2-33-31(36)29(21-23-11-4-3-5-12-23)34(22-26-14-7-9-18-28(26)32)30(35)20-19-25-16-10-15-24-13-6-8-17-27(24)25/h3-18,29H,2,19-22H2,1H3,(H,33,36)/t29-/m1/s1. The Morgan fingerprint density at radius 2 is 1.50 bits per heavy atom. The number of benzene rings is 4. The van der Waals surface area contributed by atoms with Crippen molar-refractivity contribution in [2.75, 3.05) is 6.54 Å². The summed E-state index contributed by atoms with van der Waals surface area (Å²) < 4.78 is 14.6. The minimum absolute atomic E-state index is 0.0235. The molecule has 5 heteroatoms. The van der Waals surface area contributed by atoms with Gasteiger partial charge in [0.05, 0.1) is 0 Å². The Hall–Kier alpha value is -3.99. The smallest absolute Gasteiger partial charge is 0.243 e. The molecule has 0 bridgehead atoms. The van der Waals surface area contributed by atoms with Crippen molar-refractivity contribution in [3.05, 3.63) is 120 Å². The van der Waals surface area contributed by atoms with Crippen LogP contribution in [0.5, 0.6) is 0 Å². The van der Waals surface area contributed by atoms with E-state index in [1.807, 2.05) is 61.5 Å². The summed E-state index contributed by atoms with van der Waals surface area (Å²) in [5.41, 5.74) is 2.40. The van der Waals surface area contributed by atoms with Crippen molar-refractivity contribution in [3.8, 4) is 0 Å². The monoisotopic (exact) mass is 482 g/mol. The highest BCUT2D eigenvalue weighted by Crippen LogP contribution is 2.22. The van der Waals surface area contributed by atoms with E-state index in [0.717, 1.165) is 21.9 Å². The van der Waals surface area contributed by atoms with Crippen molar-refractivity contribution < 1.29 is 14.0 Å². The number of nitrogens with one attached hydrogen (secondary N) is 1. The maximum absolute atomic E-state index is 14.6. The van der Waals surface area contributed by atoms with Gasteiger partial charge in [-0.2, -0.15) is 0 Å². The summed E-state index contributed by atoms with van der Waals surface area (Å²) in [4.78, 5) is 28.5. The molecule has 0 saturated carbocycles. The Kier molecular flexibility index (Phi) is 8.45. The van der Waals surface area contributed by atoms with Gasteiger partial charge in [-0.25, -0.2) is 4.39 Å². The van der Waals surface area contributed by atoms with E-state index in [-0.39, 0.29) is 24.8 Å². The van der Waals surface area contributed by atoms with E-state index < -0.39 is 11.9 Å². The van der Waals surface area contributed by atoms with E-state index in [2.05, 4.69) is 23.5 Å². The van der Waals surface area contributed by atoms with E-state index in [1.54, 1.807) is 23.1 Å². The molecule has 0 heterocycles. The third-order valence-electron chi connectivity index (χ3n) is 6.41. The fraction of sp³-hybridized carbons (Fsp3) is 0.226. The molecule has 0 unspecified atom stereocenters. The van der Waals surface area contributed by atoms with E-state index >= 15 is 0 Å². The number of carbonyl (C=O) groups excluding carboxylic acids is 2. The fourth-order valence-corrected chi connectivity index (χ4v) is 4.55. The number of carbonyl (C=O) groups is 2. The minimum atomic E-state index is -0.757. The van der Waals surface area contributed by atoms with Gasteiger partial charge >= 0.3 is 0 Å². The van der Waals surface area contributed by atoms with Crippen LogP contribution in [0.4, 0.5) is 4.39 Å². The van der Waals surface area contributed by atoms with Crippen LogP contribution in [0.1, 0.15) is 30.0 Å². The highest BCUT2D eigenvalue weighted by atomic mass is 19.1. The third kappa shape index (κ3) is 6.16. The van der Waals surface area contributed by atoms with E-state index in [1.165, 1.54) is 6.07 Å². The average molecular weight is 483 g/mol. The molecule has 0 spiro atoms. The first-order chi connectivity index (χ1) is 17.6. The molecule has 4 rings (SSSR count). The summed E-state index contributed by atoms with van der Waals surface area (Å²) >= 11 is 0. The van der Waals surface area contributed by atoms with Crippen LogP contribution in [-0.2, 0) is 29.0 Å². The molecule has 0 aliphatic heterocycles. The van der Waals surface area contributed by atoms with Crippen LogP contribution in [0, 0.1) is 5.82 Å². The molecule has 0 radical (unpaired) electrons. The molecule has 0 aliphatic carbocycles. The molecule has 36 heavy (non-hydrogen) atoms. The van der Waals surface area contributed by atoms with Crippen molar-refractivity contribution in [3.63, 3.8) is 0 Å². The summed E-state index contributed by atoms with van der Waals surface area (Å²) in [5.74, 6) is -0.812. The molecular weight excluding hydrogens is 451 g/mol. The second-order valence-electron chi connectivity index (χ2n) is 8.85. The molecule has 4 aromatic rings. The number of hydrogen-bond acceptors (Lipinski definition) is 2. The molecule has 184 valence electrons. The number of likely N-dealkylation sites (N-methyl/N-ethyl adjacent to an activating group) is 1. The summed E-state index contributed by atoms with van der Waals surface area (Å²) in [5, 5.41) is 5.10. The zero-order chi connectivity index (χ0) is 25.3. The average Bonchev–Trinajstić information content (AvgIpc) is 2.91. The van der Waals surface area contributed by atoms with Gasteiger partial charge in [-0.1, -0.05) is 91.0 Å². The second kappa shape index (κ2) is 12.1. The van der Waals surface area contributed by atoms with Crippen LogP contribution < -0.4 is 5.32 Å². The molecule has 0 saturated heterocycles. The lowest BCUT2D eigenvalue weighted by atomic mass is 9.99. The maximum atomic E-state index is 14.6. The van der Waals surface area contributed by atoms with Crippen molar-refractivity contribution in [2.24, 2.45) is 0 Å². The topological polar surface area (TPSA) is 49.4 Å². The first-order valence-electron chi connectivity index (χ1n) is 12.4. The van der Waals surface area contributed by atoms with E-state index in [4.69, 9.17) is 0 Å². The molecule has 2 amide bonds. The minimum Gasteiger partial charge on any atom is -0.355 e. The summed E-state index contributed by atoms with van der Waals surface area (Å²) in [7, 11) is 0. The predicted molar refractivity (Wildman–Crippen MR) is 142 cm³/mol. The first-order valence-corrected chi connectivity index (χ1v) is 12.4. The number of amides is 2. The number of fused-ring (bicyclic) bond motifs is 1. The Bertz CT molecular complexity index is 1320. The second-order valence-corrected chi connectivity index (χ2v) is 8.85. The molecule has 1 atom stereocenters. The fourth-order valence-electron chi connectivity index (χ4n) is 4.55. The van der Waals surface area contributed by atoms with Crippen molar-refractivity contribution in [2.45, 2.75) is 38.8 Å². The van der Waals surface area contributed by atoms with Gasteiger partial charge in [-0.15, -0.1) is 0 Å². The van der Waals surface area contributed by atoms with Gasteiger partial charge in [0.1, 0.15) is 11.9 Å². The van der Waals surface area contributed by atoms with Gasteiger partial charge in [0.25, 0.3) is 0 Å². The van der Waals surface area contributed by atoms with Crippen molar-refractivity contribution in [1.29, 1.82) is 0 Å². The van der Waals surface area contributed by atoms with Crippen LogP contribution in [0.25, 0.3) is 10.8 Å². The van der Waals surface area contributed by atoms with Crippen molar-refractivity contribution >= 4 is 22.6 Å². The highest BCUT2D eigenvalue weighted by molar-refractivity contribution is 5.89. The van der Waals surface area contributed by atoms with E-state index in [9.17, 15) is 14.0 Å². The zero-order valence-electron chi connectivity index (χ0n) is 20.5. The lowest BCUT2D eigenvalue weighted by molar-refractivity contribution is -0.141. The molecule has 0 fully saturated rings. The summed E-state index contributed by atoms with van der Waals surface area (Å²) in [6, 6.07) is 29.4. The Morgan fingerprint density at radius 3 is 2.28 bits per heavy atom. The third-order valence-corrected chi connectivity index (χ3v) is 6.41. The molecule has 1 N–H and O–H groups in total. The number of hydrogen-bond donors (Lipinski definition) is 1. The number of halogens is 1. The number of rotatable bonds is 10. The SMILES string of the molecule is CCNC(=O)[C@@H](Cc1ccccc1)N(Cc1ccccc1F)C(=O)CCc1cccc2ccccc12. The molecule has 0 aromatic heterocycles. The molecular formula is C31H31FN2O2. The maximum Gasteiger partial charge on any atom is 0.243 e. The van der Waals surface area contributed by atoms with Gasteiger partial charge in [-0.3, -0.25) is 9.59 Å². The summed E-state index contributed by atoms with van der Waals surface area (Å²) in [6.07, 6.45) is 1.09.